The van der Waals surface area contributed by atoms with Gasteiger partial charge in [0.25, 0.3) is 5.91 Å². The normalized spacial score (nSPS) is 10.6. The SMILES string of the molecule is Cc1oc(C)c(C(=O)Nc2ccccc2-c2ccccc2)c1Br. The number of anilines is 1. The molecular formula is C19H16BrNO2. The summed E-state index contributed by atoms with van der Waals surface area (Å²) in [4.78, 5) is 12.7. The van der Waals surface area contributed by atoms with Crippen molar-refractivity contribution >= 4 is 27.5 Å². The molecule has 0 fully saturated rings. The summed E-state index contributed by atoms with van der Waals surface area (Å²) in [6, 6.07) is 17.7. The summed E-state index contributed by atoms with van der Waals surface area (Å²) in [6.45, 7) is 3.61. The first-order valence-corrected chi connectivity index (χ1v) is 8.08. The first kappa shape index (κ1) is 15.6. The third-order valence-electron chi connectivity index (χ3n) is 3.67. The summed E-state index contributed by atoms with van der Waals surface area (Å²) in [5.41, 5.74) is 3.34. The Morgan fingerprint density at radius 3 is 2.26 bits per heavy atom. The molecule has 0 spiro atoms. The van der Waals surface area contributed by atoms with E-state index in [2.05, 4.69) is 21.2 Å². The molecule has 0 aliphatic rings. The Bertz CT molecular complexity index is 853. The van der Waals surface area contributed by atoms with Gasteiger partial charge in [-0.05, 0) is 41.4 Å². The molecule has 3 aromatic rings. The molecule has 23 heavy (non-hydrogen) atoms. The van der Waals surface area contributed by atoms with Crippen LogP contribution in [0.3, 0.4) is 0 Å². The molecule has 3 rings (SSSR count). The van der Waals surface area contributed by atoms with E-state index in [-0.39, 0.29) is 5.91 Å². The fourth-order valence-corrected chi connectivity index (χ4v) is 3.10. The Labute approximate surface area is 143 Å². The zero-order valence-electron chi connectivity index (χ0n) is 12.9. The van der Waals surface area contributed by atoms with Crippen LogP contribution in [0.1, 0.15) is 21.9 Å². The summed E-state index contributed by atoms with van der Waals surface area (Å²) < 4.78 is 6.21. The van der Waals surface area contributed by atoms with E-state index < -0.39 is 0 Å². The summed E-state index contributed by atoms with van der Waals surface area (Å²) >= 11 is 3.42. The average molecular weight is 370 g/mol. The topological polar surface area (TPSA) is 42.2 Å². The largest absolute Gasteiger partial charge is 0.465 e. The van der Waals surface area contributed by atoms with Crippen LogP contribution in [-0.2, 0) is 0 Å². The highest BCUT2D eigenvalue weighted by atomic mass is 79.9. The number of carbonyl (C=O) groups excluding carboxylic acids is 1. The van der Waals surface area contributed by atoms with E-state index in [4.69, 9.17) is 4.42 Å². The van der Waals surface area contributed by atoms with Gasteiger partial charge in [-0.1, -0.05) is 48.5 Å². The van der Waals surface area contributed by atoms with E-state index in [9.17, 15) is 4.79 Å². The molecule has 0 atom stereocenters. The standard InChI is InChI=1S/C19H16BrNO2/c1-12-17(18(20)13(2)23-12)19(22)21-16-11-7-6-10-15(16)14-8-4-3-5-9-14/h3-11H,1-2H3,(H,21,22). The van der Waals surface area contributed by atoms with Crippen molar-refractivity contribution in [3.05, 3.63) is 76.2 Å². The molecule has 0 unspecified atom stereocenters. The fourth-order valence-electron chi connectivity index (χ4n) is 2.56. The van der Waals surface area contributed by atoms with Crippen molar-refractivity contribution in [1.82, 2.24) is 0 Å². The maximum absolute atomic E-state index is 12.7. The number of halogens is 1. The Hall–Kier alpha value is -2.33. The lowest BCUT2D eigenvalue weighted by molar-refractivity contribution is 0.102. The van der Waals surface area contributed by atoms with Crippen molar-refractivity contribution in [3.63, 3.8) is 0 Å². The minimum atomic E-state index is -0.186. The van der Waals surface area contributed by atoms with Gasteiger partial charge in [-0.15, -0.1) is 0 Å². The first-order chi connectivity index (χ1) is 11.1. The van der Waals surface area contributed by atoms with Crippen LogP contribution in [0.25, 0.3) is 11.1 Å². The number of amides is 1. The van der Waals surface area contributed by atoms with Crippen LogP contribution in [-0.4, -0.2) is 5.91 Å². The minimum absolute atomic E-state index is 0.186. The maximum Gasteiger partial charge on any atom is 0.260 e. The summed E-state index contributed by atoms with van der Waals surface area (Å²) in [7, 11) is 0. The van der Waals surface area contributed by atoms with Gasteiger partial charge in [-0.2, -0.15) is 0 Å². The van der Waals surface area contributed by atoms with Gasteiger partial charge in [0.15, 0.2) is 0 Å². The summed E-state index contributed by atoms with van der Waals surface area (Å²) in [5.74, 6) is 1.11. The lowest BCUT2D eigenvalue weighted by atomic mass is 10.0. The predicted octanol–water partition coefficient (Wildman–Crippen LogP) is 5.58. The highest BCUT2D eigenvalue weighted by molar-refractivity contribution is 9.10. The number of hydrogen-bond acceptors (Lipinski definition) is 2. The predicted molar refractivity (Wildman–Crippen MR) is 95.7 cm³/mol. The van der Waals surface area contributed by atoms with Gasteiger partial charge in [0, 0.05) is 11.3 Å². The molecule has 1 aromatic heterocycles. The van der Waals surface area contributed by atoms with Crippen molar-refractivity contribution in [2.45, 2.75) is 13.8 Å². The number of rotatable bonds is 3. The van der Waals surface area contributed by atoms with Crippen molar-refractivity contribution in [2.24, 2.45) is 0 Å². The molecule has 0 saturated heterocycles. The second-order valence-corrected chi connectivity index (χ2v) is 6.06. The summed E-state index contributed by atoms with van der Waals surface area (Å²) in [6.07, 6.45) is 0. The van der Waals surface area contributed by atoms with Gasteiger partial charge in [-0.3, -0.25) is 4.79 Å². The highest BCUT2D eigenvalue weighted by Crippen LogP contribution is 2.31. The van der Waals surface area contributed by atoms with E-state index in [1.54, 1.807) is 6.92 Å². The smallest absolute Gasteiger partial charge is 0.260 e. The van der Waals surface area contributed by atoms with E-state index in [1.165, 1.54) is 0 Å². The van der Waals surface area contributed by atoms with Crippen LogP contribution >= 0.6 is 15.9 Å². The van der Waals surface area contributed by atoms with Crippen molar-refractivity contribution < 1.29 is 9.21 Å². The Morgan fingerprint density at radius 1 is 0.957 bits per heavy atom. The number of para-hydroxylation sites is 1. The molecule has 0 aliphatic carbocycles. The number of aryl methyl sites for hydroxylation is 2. The van der Waals surface area contributed by atoms with Crippen LogP contribution in [0.15, 0.2) is 63.5 Å². The molecule has 1 heterocycles. The fraction of sp³-hybridized carbons (Fsp3) is 0.105. The van der Waals surface area contributed by atoms with E-state index in [0.717, 1.165) is 16.8 Å². The molecule has 0 bridgehead atoms. The maximum atomic E-state index is 12.7. The van der Waals surface area contributed by atoms with Crippen molar-refractivity contribution in [2.75, 3.05) is 5.32 Å². The van der Waals surface area contributed by atoms with Crippen molar-refractivity contribution in [3.8, 4) is 11.1 Å². The number of carbonyl (C=O) groups is 1. The number of hydrogen-bond donors (Lipinski definition) is 1. The third kappa shape index (κ3) is 3.08. The molecule has 4 heteroatoms. The molecule has 0 radical (unpaired) electrons. The second kappa shape index (κ2) is 6.42. The van der Waals surface area contributed by atoms with Gasteiger partial charge < -0.3 is 9.73 Å². The van der Waals surface area contributed by atoms with Gasteiger partial charge >= 0.3 is 0 Å². The number of furan rings is 1. The first-order valence-electron chi connectivity index (χ1n) is 7.29. The molecule has 3 nitrogen and oxygen atoms in total. The Morgan fingerprint density at radius 2 is 1.61 bits per heavy atom. The Balaban J connectivity index is 1.97. The van der Waals surface area contributed by atoms with Crippen LogP contribution in [0, 0.1) is 13.8 Å². The second-order valence-electron chi connectivity index (χ2n) is 5.27. The number of benzene rings is 2. The van der Waals surface area contributed by atoms with E-state index in [0.29, 0.717) is 21.6 Å². The lowest BCUT2D eigenvalue weighted by Crippen LogP contribution is -2.13. The zero-order chi connectivity index (χ0) is 16.4. The molecule has 1 N–H and O–H groups in total. The van der Waals surface area contributed by atoms with Gasteiger partial charge in [-0.25, -0.2) is 0 Å². The quantitative estimate of drug-likeness (QED) is 0.654. The molecule has 0 aliphatic heterocycles. The molecule has 0 saturated carbocycles. The zero-order valence-corrected chi connectivity index (χ0v) is 14.5. The Kier molecular flexibility index (Phi) is 4.35. The average Bonchev–Trinajstić information content (AvgIpc) is 2.81. The third-order valence-corrected chi connectivity index (χ3v) is 4.63. The van der Waals surface area contributed by atoms with E-state index >= 15 is 0 Å². The van der Waals surface area contributed by atoms with Gasteiger partial charge in [0.05, 0.1) is 10.0 Å². The summed E-state index contributed by atoms with van der Waals surface area (Å²) in [5, 5.41) is 2.99. The van der Waals surface area contributed by atoms with Gasteiger partial charge in [0.2, 0.25) is 0 Å². The van der Waals surface area contributed by atoms with E-state index in [1.807, 2.05) is 61.5 Å². The van der Waals surface area contributed by atoms with Crippen molar-refractivity contribution in [1.29, 1.82) is 0 Å². The molecular weight excluding hydrogens is 354 g/mol. The van der Waals surface area contributed by atoms with Crippen LogP contribution in [0.2, 0.25) is 0 Å². The van der Waals surface area contributed by atoms with Crippen LogP contribution in [0.5, 0.6) is 0 Å². The highest BCUT2D eigenvalue weighted by Gasteiger charge is 2.20. The molecule has 2 aromatic carbocycles. The lowest BCUT2D eigenvalue weighted by Gasteiger charge is -2.11. The molecule has 116 valence electrons. The number of nitrogens with one attached hydrogen (secondary N) is 1. The molecule has 1 amide bonds. The van der Waals surface area contributed by atoms with Crippen LogP contribution in [0.4, 0.5) is 5.69 Å². The minimum Gasteiger partial charge on any atom is -0.465 e. The van der Waals surface area contributed by atoms with Crippen LogP contribution < -0.4 is 5.32 Å². The monoisotopic (exact) mass is 369 g/mol. The van der Waals surface area contributed by atoms with Gasteiger partial charge in [0.1, 0.15) is 11.5 Å².